The van der Waals surface area contributed by atoms with Gasteiger partial charge in [-0.2, -0.15) is 0 Å². The molecular weight excluding hydrogens is 272 g/mol. The Balaban J connectivity index is 1.72. The predicted octanol–water partition coefficient (Wildman–Crippen LogP) is 2.16. The highest BCUT2D eigenvalue weighted by Crippen LogP contribution is 2.21. The lowest BCUT2D eigenvalue weighted by atomic mass is 10.3. The van der Waals surface area contributed by atoms with E-state index in [-0.39, 0.29) is 0 Å². The highest BCUT2D eigenvalue weighted by Gasteiger charge is 2.16. The lowest BCUT2D eigenvalue weighted by Gasteiger charge is -2.16. The van der Waals surface area contributed by atoms with Crippen LogP contribution in [0.4, 0.5) is 0 Å². The maximum atomic E-state index is 5.89. The second-order valence-corrected chi connectivity index (χ2v) is 5.24. The minimum atomic E-state index is 0.362. The van der Waals surface area contributed by atoms with Gasteiger partial charge in [0, 0.05) is 17.3 Å². The quantitative estimate of drug-likeness (QED) is 0.935. The van der Waals surface area contributed by atoms with Crippen molar-refractivity contribution in [2.24, 2.45) is 0 Å². The number of hydrogen-bond donors (Lipinski definition) is 1. The average molecular weight is 283 g/mol. The number of halogens is 1. The first kappa shape index (κ1) is 11.7. The summed E-state index contributed by atoms with van der Waals surface area (Å²) < 4.78 is 7.51. The number of thioether (sulfide) groups is 1. The van der Waals surface area contributed by atoms with Crippen LogP contribution in [0.5, 0.6) is 5.75 Å². The fraction of sp³-hybridized carbons (Fsp3) is 0.273. The number of fused-ring (bicyclic) bond motifs is 1. The Bertz CT molecular complexity index is 560. The van der Waals surface area contributed by atoms with E-state index in [0.29, 0.717) is 11.6 Å². The second-order valence-electron chi connectivity index (χ2n) is 3.74. The highest BCUT2D eigenvalue weighted by molar-refractivity contribution is 7.99. The molecule has 0 saturated carbocycles. The van der Waals surface area contributed by atoms with Gasteiger partial charge in [0.1, 0.15) is 12.4 Å². The molecule has 1 N–H and O–H groups in total. The van der Waals surface area contributed by atoms with Crippen molar-refractivity contribution in [2.75, 3.05) is 17.7 Å². The van der Waals surface area contributed by atoms with Crippen molar-refractivity contribution in [1.82, 2.24) is 14.9 Å². The molecule has 1 aromatic carbocycles. The molecule has 5 nitrogen and oxygen atoms in total. The topological polar surface area (TPSA) is 52.0 Å². The Labute approximate surface area is 113 Å². The van der Waals surface area contributed by atoms with Crippen LogP contribution in [0.25, 0.3) is 0 Å². The van der Waals surface area contributed by atoms with Crippen LogP contribution in [0.1, 0.15) is 5.82 Å². The summed E-state index contributed by atoms with van der Waals surface area (Å²) in [5.41, 5.74) is 3.22. The number of nitrogens with zero attached hydrogens (tertiary/aromatic N) is 3. The Hall–Kier alpha value is -1.40. The zero-order valence-electron chi connectivity index (χ0n) is 9.47. The van der Waals surface area contributed by atoms with Gasteiger partial charge in [-0.1, -0.05) is 29.4 Å². The van der Waals surface area contributed by atoms with Crippen LogP contribution < -0.4 is 10.2 Å². The molecule has 0 bridgehead atoms. The van der Waals surface area contributed by atoms with Crippen molar-refractivity contribution >= 4 is 23.4 Å². The Morgan fingerprint density at radius 3 is 3.28 bits per heavy atom. The van der Waals surface area contributed by atoms with E-state index in [4.69, 9.17) is 16.3 Å². The van der Waals surface area contributed by atoms with Crippen molar-refractivity contribution in [2.45, 2.75) is 11.8 Å². The van der Waals surface area contributed by atoms with Crippen LogP contribution in [0.2, 0.25) is 5.02 Å². The zero-order chi connectivity index (χ0) is 12.4. The van der Waals surface area contributed by atoms with Crippen molar-refractivity contribution in [3.63, 3.8) is 0 Å². The molecule has 1 aliphatic heterocycles. The van der Waals surface area contributed by atoms with Gasteiger partial charge in [-0.05, 0) is 18.2 Å². The molecular formula is C11H11ClN4OS. The molecule has 0 unspecified atom stereocenters. The molecule has 2 heterocycles. The summed E-state index contributed by atoms with van der Waals surface area (Å²) in [6, 6.07) is 7.30. The molecule has 94 valence electrons. The molecule has 18 heavy (non-hydrogen) atoms. The van der Waals surface area contributed by atoms with E-state index >= 15 is 0 Å². The molecule has 0 spiro atoms. The SMILES string of the molecule is Clc1cccc(OCc2nnc3n2NCCS3)c1. The van der Waals surface area contributed by atoms with Gasteiger partial charge >= 0.3 is 0 Å². The van der Waals surface area contributed by atoms with Gasteiger partial charge in [-0.25, -0.2) is 4.68 Å². The molecule has 7 heteroatoms. The number of nitrogens with one attached hydrogen (secondary N) is 1. The first-order chi connectivity index (χ1) is 8.83. The lowest BCUT2D eigenvalue weighted by molar-refractivity contribution is 0.290. The Kier molecular flexibility index (Phi) is 3.29. The third-order valence-electron chi connectivity index (χ3n) is 2.47. The fourth-order valence-electron chi connectivity index (χ4n) is 1.65. The van der Waals surface area contributed by atoms with Gasteiger partial charge in [0.05, 0.1) is 0 Å². The number of aromatic nitrogens is 3. The largest absolute Gasteiger partial charge is 0.485 e. The van der Waals surface area contributed by atoms with E-state index in [1.807, 2.05) is 22.9 Å². The van der Waals surface area contributed by atoms with Crippen molar-refractivity contribution in [3.8, 4) is 5.75 Å². The molecule has 0 radical (unpaired) electrons. The van der Waals surface area contributed by atoms with E-state index in [1.54, 1.807) is 17.8 Å². The van der Waals surface area contributed by atoms with Crippen LogP contribution in [0.15, 0.2) is 29.4 Å². The molecule has 3 rings (SSSR count). The summed E-state index contributed by atoms with van der Waals surface area (Å²) in [7, 11) is 0. The number of hydrogen-bond acceptors (Lipinski definition) is 5. The molecule has 0 atom stereocenters. The third-order valence-corrected chi connectivity index (χ3v) is 3.63. The number of benzene rings is 1. The first-order valence-electron chi connectivity index (χ1n) is 5.52. The van der Waals surface area contributed by atoms with Crippen LogP contribution in [-0.4, -0.2) is 27.2 Å². The summed E-state index contributed by atoms with van der Waals surface area (Å²) >= 11 is 7.58. The normalized spacial score (nSPS) is 13.8. The van der Waals surface area contributed by atoms with Crippen LogP contribution in [-0.2, 0) is 6.61 Å². The summed E-state index contributed by atoms with van der Waals surface area (Å²) in [5, 5.41) is 9.74. The van der Waals surface area contributed by atoms with Gasteiger partial charge in [0.2, 0.25) is 5.16 Å². The van der Waals surface area contributed by atoms with Crippen molar-refractivity contribution in [1.29, 1.82) is 0 Å². The smallest absolute Gasteiger partial charge is 0.210 e. The molecule has 1 aliphatic rings. The highest BCUT2D eigenvalue weighted by atomic mass is 35.5. The van der Waals surface area contributed by atoms with E-state index in [2.05, 4.69) is 15.6 Å². The standard InChI is InChI=1S/C11H11ClN4OS/c12-8-2-1-3-9(6-8)17-7-10-14-15-11-16(10)13-4-5-18-11/h1-3,6,13H,4-5,7H2. The monoisotopic (exact) mass is 282 g/mol. The van der Waals surface area contributed by atoms with Gasteiger partial charge in [-0.15, -0.1) is 10.2 Å². The lowest BCUT2D eigenvalue weighted by Crippen LogP contribution is -2.25. The molecule has 0 amide bonds. The first-order valence-corrected chi connectivity index (χ1v) is 6.88. The summed E-state index contributed by atoms with van der Waals surface area (Å²) in [4.78, 5) is 0. The molecule has 1 aromatic heterocycles. The molecule has 0 saturated heterocycles. The maximum Gasteiger partial charge on any atom is 0.210 e. The summed E-state index contributed by atoms with van der Waals surface area (Å²) in [5.74, 6) is 2.49. The summed E-state index contributed by atoms with van der Waals surface area (Å²) in [6.07, 6.45) is 0. The Morgan fingerprint density at radius 2 is 2.39 bits per heavy atom. The minimum absolute atomic E-state index is 0.362. The zero-order valence-corrected chi connectivity index (χ0v) is 11.0. The van der Waals surface area contributed by atoms with Crippen LogP contribution >= 0.6 is 23.4 Å². The van der Waals surface area contributed by atoms with Gasteiger partial charge < -0.3 is 10.2 Å². The van der Waals surface area contributed by atoms with Gasteiger partial charge in [0.15, 0.2) is 5.82 Å². The van der Waals surface area contributed by atoms with Crippen LogP contribution in [0.3, 0.4) is 0 Å². The number of rotatable bonds is 3. The van der Waals surface area contributed by atoms with E-state index in [9.17, 15) is 0 Å². The van der Waals surface area contributed by atoms with Crippen molar-refractivity contribution < 1.29 is 4.74 Å². The summed E-state index contributed by atoms with van der Waals surface area (Å²) in [6.45, 7) is 1.26. The molecule has 0 aliphatic carbocycles. The predicted molar refractivity (Wildman–Crippen MR) is 70.8 cm³/mol. The van der Waals surface area contributed by atoms with Crippen LogP contribution in [0, 0.1) is 0 Å². The maximum absolute atomic E-state index is 5.89. The minimum Gasteiger partial charge on any atom is -0.485 e. The molecule has 2 aromatic rings. The molecule has 0 fully saturated rings. The van der Waals surface area contributed by atoms with E-state index in [0.717, 1.165) is 29.0 Å². The third kappa shape index (κ3) is 2.39. The van der Waals surface area contributed by atoms with Crippen molar-refractivity contribution in [3.05, 3.63) is 35.1 Å². The fourth-order valence-corrected chi connectivity index (χ4v) is 2.60. The van der Waals surface area contributed by atoms with E-state index in [1.165, 1.54) is 0 Å². The second kappa shape index (κ2) is 5.07. The number of ether oxygens (including phenoxy) is 1. The van der Waals surface area contributed by atoms with E-state index < -0.39 is 0 Å². The average Bonchev–Trinajstić information content (AvgIpc) is 2.80. The van der Waals surface area contributed by atoms with Gasteiger partial charge in [-0.3, -0.25) is 0 Å². The Morgan fingerprint density at radius 1 is 1.44 bits per heavy atom. The van der Waals surface area contributed by atoms with Gasteiger partial charge in [0.25, 0.3) is 0 Å².